The number of amidine groups is 1. The maximum absolute atomic E-state index is 12.0. The van der Waals surface area contributed by atoms with Gasteiger partial charge in [-0.15, -0.1) is 0 Å². The first-order valence-corrected chi connectivity index (χ1v) is 6.92. The van der Waals surface area contributed by atoms with E-state index in [2.05, 4.69) is 15.0 Å². The molecule has 0 radical (unpaired) electrons. The lowest BCUT2D eigenvalue weighted by molar-refractivity contribution is -0.120. The molecule has 0 bridgehead atoms. The highest BCUT2D eigenvalue weighted by molar-refractivity contribution is 6.13. The molecular formula is C16H16N4O. The Morgan fingerprint density at radius 3 is 2.95 bits per heavy atom. The van der Waals surface area contributed by atoms with E-state index < -0.39 is 0 Å². The molecule has 1 amide bonds. The van der Waals surface area contributed by atoms with Crippen LogP contribution in [0.25, 0.3) is 0 Å². The van der Waals surface area contributed by atoms with E-state index in [4.69, 9.17) is 0 Å². The highest BCUT2D eigenvalue weighted by Crippen LogP contribution is 2.20. The highest BCUT2D eigenvalue weighted by Gasteiger charge is 2.21. The quantitative estimate of drug-likeness (QED) is 0.793. The zero-order valence-electron chi connectivity index (χ0n) is 12.0. The van der Waals surface area contributed by atoms with Crippen LogP contribution >= 0.6 is 0 Å². The number of carbonyl (C=O) groups excluding carboxylic acids is 1. The average Bonchev–Trinajstić information content (AvgIpc) is 2.63. The molecule has 0 saturated heterocycles. The summed E-state index contributed by atoms with van der Waals surface area (Å²) >= 11 is 0. The zero-order chi connectivity index (χ0) is 14.8. The van der Waals surface area contributed by atoms with Crippen molar-refractivity contribution in [1.29, 1.82) is 0 Å². The van der Waals surface area contributed by atoms with Gasteiger partial charge < -0.3 is 4.90 Å². The van der Waals surface area contributed by atoms with E-state index in [0.717, 1.165) is 11.1 Å². The van der Waals surface area contributed by atoms with E-state index in [1.54, 1.807) is 6.21 Å². The Balaban J connectivity index is 2.13. The van der Waals surface area contributed by atoms with E-state index >= 15 is 0 Å². The van der Waals surface area contributed by atoms with Crippen molar-refractivity contribution in [2.24, 2.45) is 20.9 Å². The van der Waals surface area contributed by atoms with Gasteiger partial charge in [0.25, 0.3) is 0 Å². The predicted octanol–water partition coefficient (Wildman–Crippen LogP) is 2.39. The molecule has 0 saturated carbocycles. The normalized spacial score (nSPS) is 18.3. The third kappa shape index (κ3) is 2.67. The van der Waals surface area contributed by atoms with Gasteiger partial charge in [0, 0.05) is 23.9 Å². The van der Waals surface area contributed by atoms with Gasteiger partial charge >= 0.3 is 0 Å². The number of benzene rings is 1. The maximum atomic E-state index is 12.0. The number of allylic oxidation sites excluding steroid dienone is 1. The summed E-state index contributed by atoms with van der Waals surface area (Å²) in [7, 11) is 0. The molecule has 1 aromatic rings. The van der Waals surface area contributed by atoms with Crippen LogP contribution in [-0.4, -0.2) is 28.8 Å². The van der Waals surface area contributed by atoms with Crippen molar-refractivity contribution in [3.05, 3.63) is 47.7 Å². The average molecular weight is 280 g/mol. The number of hydrogen-bond acceptors (Lipinski definition) is 3. The lowest BCUT2D eigenvalue weighted by Crippen LogP contribution is -2.25. The molecule has 1 aromatic carbocycles. The minimum Gasteiger partial charge on any atom is -0.313 e. The van der Waals surface area contributed by atoms with Crippen LogP contribution in [0.4, 0.5) is 0 Å². The summed E-state index contributed by atoms with van der Waals surface area (Å²) in [5, 5.41) is 0. The molecule has 106 valence electrons. The first-order chi connectivity index (χ1) is 10.1. The fourth-order valence-corrected chi connectivity index (χ4v) is 2.14. The summed E-state index contributed by atoms with van der Waals surface area (Å²) in [5.74, 6) is 0.671. The Labute approximate surface area is 123 Å². The number of hydrogen-bond donors (Lipinski definition) is 0. The van der Waals surface area contributed by atoms with Crippen molar-refractivity contribution in [3.63, 3.8) is 0 Å². The summed E-state index contributed by atoms with van der Waals surface area (Å²) in [6, 6.07) is 7.87. The van der Waals surface area contributed by atoms with E-state index in [1.807, 2.05) is 55.3 Å². The van der Waals surface area contributed by atoms with Crippen molar-refractivity contribution >= 4 is 23.9 Å². The summed E-state index contributed by atoms with van der Waals surface area (Å²) in [4.78, 5) is 26.9. The Morgan fingerprint density at radius 1 is 1.33 bits per heavy atom. The first kappa shape index (κ1) is 13.4. The smallest absolute Gasteiger partial charge is 0.250 e. The Hall–Kier alpha value is -2.56. The molecule has 5 nitrogen and oxygen atoms in total. The fraction of sp³-hybridized carbons (Fsp3) is 0.250. The second kappa shape index (κ2) is 5.44. The van der Waals surface area contributed by atoms with Gasteiger partial charge in [0.1, 0.15) is 0 Å². The van der Waals surface area contributed by atoms with Gasteiger partial charge in [-0.3, -0.25) is 4.79 Å². The van der Waals surface area contributed by atoms with Crippen LogP contribution in [0.5, 0.6) is 0 Å². The number of amides is 1. The van der Waals surface area contributed by atoms with Crippen LogP contribution in [-0.2, 0) is 11.3 Å². The van der Waals surface area contributed by atoms with E-state index in [-0.39, 0.29) is 11.8 Å². The molecule has 21 heavy (non-hydrogen) atoms. The van der Waals surface area contributed by atoms with Crippen LogP contribution in [0.15, 0.2) is 51.5 Å². The van der Waals surface area contributed by atoms with Gasteiger partial charge in [-0.05, 0) is 11.6 Å². The topological polar surface area (TPSA) is 57.4 Å². The predicted molar refractivity (Wildman–Crippen MR) is 83.4 cm³/mol. The van der Waals surface area contributed by atoms with E-state index in [1.165, 1.54) is 0 Å². The summed E-state index contributed by atoms with van der Waals surface area (Å²) < 4.78 is 0. The number of rotatable bonds is 1. The van der Waals surface area contributed by atoms with Crippen LogP contribution in [0.3, 0.4) is 0 Å². The molecule has 2 heterocycles. The zero-order valence-corrected chi connectivity index (χ0v) is 12.0. The van der Waals surface area contributed by atoms with Gasteiger partial charge in [-0.2, -0.15) is 9.98 Å². The van der Waals surface area contributed by atoms with E-state index in [9.17, 15) is 4.79 Å². The van der Waals surface area contributed by atoms with Crippen molar-refractivity contribution < 1.29 is 4.79 Å². The highest BCUT2D eigenvalue weighted by atomic mass is 16.1. The van der Waals surface area contributed by atoms with E-state index in [0.29, 0.717) is 18.3 Å². The standard InChI is InChI=1S/C16H16N4O/c1-11(2)15(21)18-14-13-7-4-3-6-12(13)10-20-9-5-8-17-16(20)19-14/h3-9,11H,10H2,1-2H3. The third-order valence-electron chi connectivity index (χ3n) is 3.31. The lowest BCUT2D eigenvalue weighted by atomic mass is 10.1. The minimum absolute atomic E-state index is 0.154. The second-order valence-corrected chi connectivity index (χ2v) is 5.24. The largest absolute Gasteiger partial charge is 0.313 e. The van der Waals surface area contributed by atoms with Gasteiger partial charge in [-0.1, -0.05) is 38.1 Å². The molecule has 2 aliphatic heterocycles. The summed E-state index contributed by atoms with van der Waals surface area (Å²) in [5.41, 5.74) is 1.96. The van der Waals surface area contributed by atoms with Gasteiger partial charge in [-0.25, -0.2) is 4.99 Å². The Bertz CT molecular complexity index is 698. The fourth-order valence-electron chi connectivity index (χ4n) is 2.14. The Kier molecular flexibility index (Phi) is 3.48. The Morgan fingerprint density at radius 2 is 2.14 bits per heavy atom. The van der Waals surface area contributed by atoms with Gasteiger partial charge in [0.2, 0.25) is 11.9 Å². The first-order valence-electron chi connectivity index (χ1n) is 6.92. The molecule has 0 N–H and O–H groups in total. The molecule has 0 aliphatic carbocycles. The molecular weight excluding hydrogens is 264 g/mol. The van der Waals surface area contributed by atoms with Crippen molar-refractivity contribution in [3.8, 4) is 0 Å². The van der Waals surface area contributed by atoms with Crippen LogP contribution in [0.1, 0.15) is 25.0 Å². The van der Waals surface area contributed by atoms with Crippen molar-refractivity contribution in [1.82, 2.24) is 4.90 Å². The molecule has 5 heteroatoms. The molecule has 0 fully saturated rings. The van der Waals surface area contributed by atoms with Crippen molar-refractivity contribution in [2.75, 3.05) is 0 Å². The SMILES string of the molecule is CC(C)C(=O)N=C1N=C2N=CC=CN2Cc2ccccc21. The molecule has 0 atom stereocenters. The van der Waals surface area contributed by atoms with Crippen molar-refractivity contribution in [2.45, 2.75) is 20.4 Å². The summed E-state index contributed by atoms with van der Waals surface area (Å²) in [6.45, 7) is 4.32. The molecule has 0 aromatic heterocycles. The summed E-state index contributed by atoms with van der Waals surface area (Å²) in [6.07, 6.45) is 5.48. The number of fused-ring (bicyclic) bond motifs is 2. The lowest BCUT2D eigenvalue weighted by Gasteiger charge is -2.19. The van der Waals surface area contributed by atoms with Gasteiger partial charge in [0.05, 0.1) is 6.54 Å². The van der Waals surface area contributed by atoms with Crippen LogP contribution in [0, 0.1) is 5.92 Å². The number of guanidine groups is 1. The monoisotopic (exact) mass is 280 g/mol. The molecule has 2 aliphatic rings. The number of carbonyl (C=O) groups is 1. The number of nitrogens with zero attached hydrogens (tertiary/aromatic N) is 4. The van der Waals surface area contributed by atoms with Crippen LogP contribution in [0.2, 0.25) is 0 Å². The van der Waals surface area contributed by atoms with Crippen LogP contribution < -0.4 is 0 Å². The molecule has 3 rings (SSSR count). The number of aliphatic imine (C=N–C) groups is 3. The minimum atomic E-state index is -0.173. The molecule has 0 spiro atoms. The second-order valence-electron chi connectivity index (χ2n) is 5.24. The third-order valence-corrected chi connectivity index (χ3v) is 3.31. The maximum Gasteiger partial charge on any atom is 0.250 e. The van der Waals surface area contributed by atoms with Gasteiger partial charge in [0.15, 0.2) is 5.84 Å². The molecule has 0 unspecified atom stereocenters.